The van der Waals surface area contributed by atoms with Crippen LogP contribution in [0.4, 0.5) is 4.39 Å². The number of methoxy groups -OCH3 is 1. The summed E-state index contributed by atoms with van der Waals surface area (Å²) in [5.74, 6) is 0.858. The Kier molecular flexibility index (Phi) is 4.55. The van der Waals surface area contributed by atoms with Crippen LogP contribution in [0.5, 0.6) is 5.75 Å². The van der Waals surface area contributed by atoms with E-state index in [2.05, 4.69) is 12.2 Å². The van der Waals surface area contributed by atoms with Crippen molar-refractivity contribution in [1.29, 1.82) is 0 Å². The van der Waals surface area contributed by atoms with Gasteiger partial charge in [0, 0.05) is 30.8 Å². The van der Waals surface area contributed by atoms with Crippen molar-refractivity contribution in [3.05, 3.63) is 29.6 Å². The van der Waals surface area contributed by atoms with E-state index in [0.29, 0.717) is 29.8 Å². The molecule has 4 heteroatoms. The van der Waals surface area contributed by atoms with Crippen molar-refractivity contribution in [2.75, 3.05) is 20.3 Å². The first kappa shape index (κ1) is 13.3. The summed E-state index contributed by atoms with van der Waals surface area (Å²) in [6.07, 6.45) is 1.08. The van der Waals surface area contributed by atoms with Gasteiger partial charge in [-0.25, -0.2) is 4.39 Å². The van der Waals surface area contributed by atoms with Gasteiger partial charge >= 0.3 is 0 Å². The van der Waals surface area contributed by atoms with Crippen LogP contribution in [0.3, 0.4) is 0 Å². The van der Waals surface area contributed by atoms with E-state index in [4.69, 9.17) is 9.47 Å². The maximum atomic E-state index is 13.7. The van der Waals surface area contributed by atoms with E-state index in [1.807, 2.05) is 0 Å². The van der Waals surface area contributed by atoms with E-state index in [-0.39, 0.29) is 5.82 Å². The van der Waals surface area contributed by atoms with E-state index in [0.717, 1.165) is 19.6 Å². The number of ether oxygens (including phenoxy) is 2. The van der Waals surface area contributed by atoms with Gasteiger partial charge in [-0.05, 0) is 25.3 Å². The summed E-state index contributed by atoms with van der Waals surface area (Å²) in [7, 11) is 1.54. The Hall–Kier alpha value is -1.13. The molecule has 3 nitrogen and oxygen atoms in total. The molecular weight excluding hydrogens is 233 g/mol. The largest absolute Gasteiger partial charge is 0.497 e. The second-order valence-corrected chi connectivity index (χ2v) is 4.75. The van der Waals surface area contributed by atoms with Gasteiger partial charge in [0.1, 0.15) is 11.6 Å². The molecule has 0 spiro atoms. The molecule has 2 unspecified atom stereocenters. The molecule has 1 N–H and O–H groups in total. The molecule has 2 rings (SSSR count). The van der Waals surface area contributed by atoms with Crippen LogP contribution in [0.1, 0.15) is 18.9 Å². The van der Waals surface area contributed by atoms with Crippen LogP contribution in [0, 0.1) is 11.7 Å². The molecule has 0 saturated carbocycles. The number of benzene rings is 1. The van der Waals surface area contributed by atoms with Gasteiger partial charge in [0.05, 0.1) is 13.7 Å². The standard InChI is InChI=1S/C14H20FNO2/c1-10(12-5-6-18-9-12)16-8-11-3-4-13(17-2)7-14(11)15/h3-4,7,10,12,16H,5-6,8-9H2,1-2H3. The maximum absolute atomic E-state index is 13.7. The van der Waals surface area contributed by atoms with Crippen LogP contribution in [0.2, 0.25) is 0 Å². The van der Waals surface area contributed by atoms with E-state index < -0.39 is 0 Å². The van der Waals surface area contributed by atoms with Crippen LogP contribution < -0.4 is 10.1 Å². The van der Waals surface area contributed by atoms with E-state index in [1.54, 1.807) is 12.1 Å². The lowest BCUT2D eigenvalue weighted by Gasteiger charge is -2.19. The molecule has 100 valence electrons. The molecule has 1 aliphatic heterocycles. The van der Waals surface area contributed by atoms with Gasteiger partial charge < -0.3 is 14.8 Å². The molecular formula is C14H20FNO2. The Balaban J connectivity index is 1.89. The van der Waals surface area contributed by atoms with E-state index in [9.17, 15) is 4.39 Å². The molecule has 18 heavy (non-hydrogen) atoms. The van der Waals surface area contributed by atoms with Crippen LogP contribution in [0.15, 0.2) is 18.2 Å². The molecule has 1 aliphatic rings. The number of rotatable bonds is 5. The fourth-order valence-electron chi connectivity index (χ4n) is 2.18. The van der Waals surface area contributed by atoms with Gasteiger partial charge in [-0.2, -0.15) is 0 Å². The summed E-state index contributed by atoms with van der Waals surface area (Å²) in [6.45, 7) is 4.31. The third-order valence-corrected chi connectivity index (χ3v) is 3.55. The summed E-state index contributed by atoms with van der Waals surface area (Å²) >= 11 is 0. The van der Waals surface area contributed by atoms with Crippen molar-refractivity contribution < 1.29 is 13.9 Å². The summed E-state index contributed by atoms with van der Waals surface area (Å²) in [4.78, 5) is 0. The lowest BCUT2D eigenvalue weighted by Crippen LogP contribution is -2.33. The average molecular weight is 253 g/mol. The van der Waals surface area contributed by atoms with Crippen LogP contribution in [0.25, 0.3) is 0 Å². The SMILES string of the molecule is COc1ccc(CNC(C)C2CCOC2)c(F)c1. The van der Waals surface area contributed by atoms with Crippen molar-refractivity contribution in [3.8, 4) is 5.75 Å². The minimum absolute atomic E-state index is 0.225. The zero-order valence-corrected chi connectivity index (χ0v) is 10.9. The van der Waals surface area contributed by atoms with Gasteiger partial charge in [-0.3, -0.25) is 0 Å². The molecule has 0 radical (unpaired) electrons. The molecule has 1 aromatic carbocycles. The highest BCUT2D eigenvalue weighted by atomic mass is 19.1. The molecule has 1 saturated heterocycles. The third kappa shape index (κ3) is 3.21. The number of nitrogens with one attached hydrogen (secondary N) is 1. The molecule has 1 fully saturated rings. The fraction of sp³-hybridized carbons (Fsp3) is 0.571. The first-order chi connectivity index (χ1) is 8.70. The Morgan fingerprint density at radius 1 is 1.56 bits per heavy atom. The monoisotopic (exact) mass is 253 g/mol. The Labute approximate surface area is 107 Å². The van der Waals surface area contributed by atoms with Gasteiger partial charge in [0.25, 0.3) is 0 Å². The summed E-state index contributed by atoms with van der Waals surface area (Å²) in [5, 5.41) is 3.36. The predicted molar refractivity (Wildman–Crippen MR) is 68.2 cm³/mol. The quantitative estimate of drug-likeness (QED) is 0.873. The second-order valence-electron chi connectivity index (χ2n) is 4.75. The normalized spacial score (nSPS) is 20.9. The first-order valence-corrected chi connectivity index (χ1v) is 6.34. The summed E-state index contributed by atoms with van der Waals surface area (Å²) < 4.78 is 24.1. The number of hydrogen-bond donors (Lipinski definition) is 1. The van der Waals surface area contributed by atoms with Crippen molar-refractivity contribution >= 4 is 0 Å². The van der Waals surface area contributed by atoms with Crippen molar-refractivity contribution in [2.45, 2.75) is 25.9 Å². The number of hydrogen-bond acceptors (Lipinski definition) is 3. The second kappa shape index (κ2) is 6.16. The van der Waals surface area contributed by atoms with E-state index >= 15 is 0 Å². The lowest BCUT2D eigenvalue weighted by molar-refractivity contribution is 0.178. The topological polar surface area (TPSA) is 30.5 Å². The minimum Gasteiger partial charge on any atom is -0.497 e. The minimum atomic E-state index is -0.225. The first-order valence-electron chi connectivity index (χ1n) is 6.34. The molecule has 2 atom stereocenters. The van der Waals surface area contributed by atoms with Gasteiger partial charge in [0.15, 0.2) is 0 Å². The third-order valence-electron chi connectivity index (χ3n) is 3.55. The van der Waals surface area contributed by atoms with Crippen molar-refractivity contribution in [1.82, 2.24) is 5.32 Å². The van der Waals surface area contributed by atoms with Crippen molar-refractivity contribution in [2.24, 2.45) is 5.92 Å². The maximum Gasteiger partial charge on any atom is 0.131 e. The van der Waals surface area contributed by atoms with Gasteiger partial charge in [0.2, 0.25) is 0 Å². The Bertz CT molecular complexity index is 391. The molecule has 0 aromatic heterocycles. The van der Waals surface area contributed by atoms with Crippen LogP contribution in [-0.4, -0.2) is 26.4 Å². The van der Waals surface area contributed by atoms with E-state index in [1.165, 1.54) is 13.2 Å². The Morgan fingerprint density at radius 2 is 2.39 bits per heavy atom. The average Bonchev–Trinajstić information content (AvgIpc) is 2.90. The highest BCUT2D eigenvalue weighted by Crippen LogP contribution is 2.19. The zero-order chi connectivity index (χ0) is 13.0. The molecule has 1 aromatic rings. The van der Waals surface area contributed by atoms with Crippen LogP contribution in [-0.2, 0) is 11.3 Å². The molecule has 0 aliphatic carbocycles. The smallest absolute Gasteiger partial charge is 0.131 e. The Morgan fingerprint density at radius 3 is 3.00 bits per heavy atom. The zero-order valence-electron chi connectivity index (χ0n) is 10.9. The fourth-order valence-corrected chi connectivity index (χ4v) is 2.18. The van der Waals surface area contributed by atoms with Crippen molar-refractivity contribution in [3.63, 3.8) is 0 Å². The van der Waals surface area contributed by atoms with Crippen LogP contribution >= 0.6 is 0 Å². The highest BCUT2D eigenvalue weighted by Gasteiger charge is 2.21. The summed E-state index contributed by atoms with van der Waals surface area (Å²) in [6, 6.07) is 5.30. The molecule has 0 amide bonds. The van der Waals surface area contributed by atoms with Gasteiger partial charge in [-0.1, -0.05) is 6.07 Å². The highest BCUT2D eigenvalue weighted by molar-refractivity contribution is 5.28. The molecule has 0 bridgehead atoms. The van der Waals surface area contributed by atoms with Gasteiger partial charge in [-0.15, -0.1) is 0 Å². The molecule has 1 heterocycles. The predicted octanol–water partition coefficient (Wildman–Crippen LogP) is 2.35. The summed E-state index contributed by atoms with van der Waals surface area (Å²) in [5.41, 5.74) is 0.668. The lowest BCUT2D eigenvalue weighted by atomic mass is 10.0. The number of halogens is 1.